The molecule has 0 bridgehead atoms. The summed E-state index contributed by atoms with van der Waals surface area (Å²) in [5, 5.41) is 6.51. The Morgan fingerprint density at radius 2 is 1.59 bits per heavy atom. The van der Waals surface area contributed by atoms with Gasteiger partial charge in [-0.1, -0.05) is 34.8 Å². The molecule has 0 unspecified atom stereocenters. The minimum absolute atomic E-state index is 0.326. The van der Waals surface area contributed by atoms with Crippen molar-refractivity contribution in [1.82, 2.24) is 10.2 Å². The first-order valence-electron chi connectivity index (χ1n) is 7.17. The molecule has 2 N–H and O–H groups in total. The fraction of sp³-hybridized carbons (Fsp3) is 0.533. The molecule has 0 radical (unpaired) electrons. The topological polar surface area (TPSA) is 44.4 Å². The minimum atomic E-state index is -0.326. The normalized spacial score (nSPS) is 11.4. The molecule has 0 heterocycles. The third kappa shape index (κ3) is 5.84. The second-order valence-electron chi connectivity index (χ2n) is 5.55. The van der Waals surface area contributed by atoms with Gasteiger partial charge in [0.1, 0.15) is 0 Å². The second-order valence-corrected chi connectivity index (χ2v) is 6.77. The number of benzene rings is 1. The summed E-state index contributed by atoms with van der Waals surface area (Å²) in [4.78, 5) is 14.2. The molecule has 2 amide bonds. The smallest absolute Gasteiger partial charge is 0.319 e. The van der Waals surface area contributed by atoms with E-state index in [1.165, 1.54) is 12.1 Å². The van der Waals surface area contributed by atoms with E-state index >= 15 is 0 Å². The van der Waals surface area contributed by atoms with E-state index in [-0.39, 0.29) is 6.03 Å². The number of halogens is 3. The van der Waals surface area contributed by atoms with Crippen LogP contribution in [0.1, 0.15) is 27.7 Å². The number of hydrogen-bond donors (Lipinski definition) is 2. The van der Waals surface area contributed by atoms with Crippen LogP contribution in [0.2, 0.25) is 15.1 Å². The van der Waals surface area contributed by atoms with Gasteiger partial charge in [-0.2, -0.15) is 0 Å². The van der Waals surface area contributed by atoms with Gasteiger partial charge in [-0.15, -0.1) is 0 Å². The van der Waals surface area contributed by atoms with Crippen LogP contribution in [0.5, 0.6) is 0 Å². The first-order chi connectivity index (χ1) is 10.2. The van der Waals surface area contributed by atoms with Crippen LogP contribution in [0.3, 0.4) is 0 Å². The van der Waals surface area contributed by atoms with Crippen LogP contribution in [0.4, 0.5) is 10.5 Å². The second kappa shape index (κ2) is 8.82. The van der Waals surface area contributed by atoms with Gasteiger partial charge in [-0.3, -0.25) is 4.90 Å². The number of anilines is 1. The molecular formula is C15H22Cl3N3O. The highest BCUT2D eigenvalue weighted by Gasteiger charge is 2.13. The fourth-order valence-corrected chi connectivity index (χ4v) is 2.79. The molecule has 0 saturated carbocycles. The summed E-state index contributed by atoms with van der Waals surface area (Å²) in [6, 6.07) is 3.55. The Labute approximate surface area is 147 Å². The monoisotopic (exact) mass is 365 g/mol. The summed E-state index contributed by atoms with van der Waals surface area (Å²) in [6.07, 6.45) is 0. The quantitative estimate of drug-likeness (QED) is 0.704. The average Bonchev–Trinajstić information content (AvgIpc) is 2.40. The molecule has 0 saturated heterocycles. The number of nitrogens with zero attached hydrogens (tertiary/aromatic N) is 1. The van der Waals surface area contributed by atoms with Gasteiger partial charge in [0.05, 0.1) is 20.8 Å². The van der Waals surface area contributed by atoms with Crippen LogP contribution in [0.25, 0.3) is 0 Å². The predicted molar refractivity (Wildman–Crippen MR) is 95.5 cm³/mol. The number of urea groups is 1. The third-order valence-corrected chi connectivity index (χ3v) is 4.28. The number of carbonyl (C=O) groups is 1. The van der Waals surface area contributed by atoms with E-state index in [4.69, 9.17) is 34.8 Å². The van der Waals surface area contributed by atoms with E-state index in [1.54, 1.807) is 0 Å². The molecule has 4 nitrogen and oxygen atoms in total. The lowest BCUT2D eigenvalue weighted by molar-refractivity contribution is 0.176. The van der Waals surface area contributed by atoms with Gasteiger partial charge < -0.3 is 10.6 Å². The summed E-state index contributed by atoms with van der Waals surface area (Å²) >= 11 is 17.8. The van der Waals surface area contributed by atoms with Crippen molar-refractivity contribution < 1.29 is 4.79 Å². The van der Waals surface area contributed by atoms with Gasteiger partial charge in [-0.25, -0.2) is 4.79 Å². The maximum atomic E-state index is 11.9. The van der Waals surface area contributed by atoms with Crippen molar-refractivity contribution in [1.29, 1.82) is 0 Å². The first-order valence-corrected chi connectivity index (χ1v) is 8.31. The van der Waals surface area contributed by atoms with Crippen LogP contribution < -0.4 is 10.6 Å². The Balaban J connectivity index is 2.52. The number of hydrogen-bond acceptors (Lipinski definition) is 2. The Kier molecular flexibility index (Phi) is 7.77. The maximum absolute atomic E-state index is 11.9. The van der Waals surface area contributed by atoms with Crippen LogP contribution in [0.15, 0.2) is 12.1 Å². The lowest BCUT2D eigenvalue weighted by Crippen LogP contribution is -2.43. The Bertz CT molecular complexity index is 513. The van der Waals surface area contributed by atoms with Crippen molar-refractivity contribution in [3.63, 3.8) is 0 Å². The number of carbonyl (C=O) groups excluding carboxylic acids is 1. The van der Waals surface area contributed by atoms with Crippen LogP contribution in [0, 0.1) is 0 Å². The lowest BCUT2D eigenvalue weighted by Gasteiger charge is -2.30. The first kappa shape index (κ1) is 19.4. The maximum Gasteiger partial charge on any atom is 0.319 e. The zero-order chi connectivity index (χ0) is 16.9. The molecule has 0 aliphatic rings. The molecule has 1 rings (SSSR count). The van der Waals surface area contributed by atoms with Crippen molar-refractivity contribution in [3.8, 4) is 0 Å². The summed E-state index contributed by atoms with van der Waals surface area (Å²) in [5.74, 6) is 0. The summed E-state index contributed by atoms with van der Waals surface area (Å²) in [5.41, 5.74) is 0.429. The van der Waals surface area contributed by atoms with Crippen LogP contribution in [-0.4, -0.2) is 36.1 Å². The van der Waals surface area contributed by atoms with Crippen molar-refractivity contribution in [2.24, 2.45) is 0 Å². The van der Waals surface area contributed by atoms with Gasteiger partial charge in [-0.05, 0) is 39.8 Å². The van der Waals surface area contributed by atoms with Gasteiger partial charge in [0.25, 0.3) is 0 Å². The highest BCUT2D eigenvalue weighted by atomic mass is 35.5. The molecule has 0 fully saturated rings. The molecule has 0 atom stereocenters. The Hall–Kier alpha value is -0.680. The van der Waals surface area contributed by atoms with Gasteiger partial charge >= 0.3 is 6.03 Å². The highest BCUT2D eigenvalue weighted by Crippen LogP contribution is 2.32. The summed E-state index contributed by atoms with van der Waals surface area (Å²) in [7, 11) is 0. The number of rotatable bonds is 6. The van der Waals surface area contributed by atoms with E-state index in [0.29, 0.717) is 39.4 Å². The average molecular weight is 367 g/mol. The van der Waals surface area contributed by atoms with Crippen molar-refractivity contribution in [2.75, 3.05) is 18.4 Å². The molecule has 0 aliphatic heterocycles. The number of nitrogens with one attached hydrogen (secondary N) is 2. The third-order valence-electron chi connectivity index (χ3n) is 3.24. The molecule has 0 aliphatic carbocycles. The Morgan fingerprint density at radius 3 is 2.14 bits per heavy atom. The number of amides is 2. The van der Waals surface area contributed by atoms with Crippen LogP contribution >= 0.6 is 34.8 Å². The van der Waals surface area contributed by atoms with Crippen molar-refractivity contribution >= 4 is 46.5 Å². The van der Waals surface area contributed by atoms with E-state index in [2.05, 4.69) is 43.2 Å². The van der Waals surface area contributed by atoms with Gasteiger partial charge in [0, 0.05) is 25.2 Å². The summed E-state index contributed by atoms with van der Waals surface area (Å²) < 4.78 is 0. The van der Waals surface area contributed by atoms with E-state index in [9.17, 15) is 4.79 Å². The lowest BCUT2D eigenvalue weighted by atomic mass is 10.2. The molecule has 1 aromatic carbocycles. The Morgan fingerprint density at radius 1 is 1.05 bits per heavy atom. The van der Waals surface area contributed by atoms with Gasteiger partial charge in [0.15, 0.2) is 0 Å². The van der Waals surface area contributed by atoms with E-state index in [1.807, 2.05) is 0 Å². The standard InChI is InChI=1S/C15H22Cl3N3O/c1-9(2)21(10(3)4)6-5-19-15(22)20-14-8-12(17)11(16)7-13(14)18/h7-10H,5-6H2,1-4H3,(H2,19,20,22). The molecule has 124 valence electrons. The zero-order valence-electron chi connectivity index (χ0n) is 13.2. The van der Waals surface area contributed by atoms with E-state index in [0.717, 1.165) is 6.54 Å². The SMILES string of the molecule is CC(C)N(CCNC(=O)Nc1cc(Cl)c(Cl)cc1Cl)C(C)C. The van der Waals surface area contributed by atoms with Crippen molar-refractivity contribution in [2.45, 2.75) is 39.8 Å². The molecule has 0 aromatic heterocycles. The molecule has 1 aromatic rings. The molecule has 7 heteroatoms. The molecule has 22 heavy (non-hydrogen) atoms. The minimum Gasteiger partial charge on any atom is -0.337 e. The zero-order valence-corrected chi connectivity index (χ0v) is 15.5. The molecule has 0 spiro atoms. The predicted octanol–water partition coefficient (Wildman–Crippen LogP) is 4.89. The van der Waals surface area contributed by atoms with Crippen LogP contribution in [-0.2, 0) is 0 Å². The van der Waals surface area contributed by atoms with E-state index < -0.39 is 0 Å². The van der Waals surface area contributed by atoms with Crippen molar-refractivity contribution in [3.05, 3.63) is 27.2 Å². The fourth-order valence-electron chi connectivity index (χ4n) is 2.20. The highest BCUT2D eigenvalue weighted by molar-refractivity contribution is 6.44. The summed E-state index contributed by atoms with van der Waals surface area (Å²) in [6.45, 7) is 9.86. The molecular weight excluding hydrogens is 345 g/mol. The van der Waals surface area contributed by atoms with Gasteiger partial charge in [0.2, 0.25) is 0 Å². The largest absolute Gasteiger partial charge is 0.337 e.